The highest BCUT2D eigenvalue weighted by atomic mass is 16.2. The first-order chi connectivity index (χ1) is 9.40. The van der Waals surface area contributed by atoms with Crippen LogP contribution in [0, 0.1) is 19.3 Å². The Bertz CT molecular complexity index is 516. The molecule has 0 bridgehead atoms. The van der Waals surface area contributed by atoms with E-state index in [0.717, 1.165) is 28.1 Å². The number of para-hydroxylation sites is 1. The van der Waals surface area contributed by atoms with Gasteiger partial charge in [0, 0.05) is 13.2 Å². The van der Waals surface area contributed by atoms with Gasteiger partial charge >= 0.3 is 6.03 Å². The number of hydrogen-bond donors (Lipinski definition) is 2. The van der Waals surface area contributed by atoms with Gasteiger partial charge in [0.15, 0.2) is 0 Å². The van der Waals surface area contributed by atoms with Crippen molar-refractivity contribution >= 4 is 17.7 Å². The van der Waals surface area contributed by atoms with Crippen LogP contribution in [-0.2, 0) is 0 Å². The minimum absolute atomic E-state index is 0.294. The summed E-state index contributed by atoms with van der Waals surface area (Å²) in [7, 11) is 1.69. The molecule has 3 N–H and O–H groups in total. The molecule has 0 saturated heterocycles. The predicted molar refractivity (Wildman–Crippen MR) is 82.9 cm³/mol. The zero-order valence-corrected chi connectivity index (χ0v) is 12.5. The monoisotopic (exact) mass is 274 g/mol. The van der Waals surface area contributed by atoms with Gasteiger partial charge in [0.1, 0.15) is 0 Å². The lowest BCUT2D eigenvalue weighted by atomic mass is 10.1. The van der Waals surface area contributed by atoms with E-state index in [0.29, 0.717) is 0 Å². The van der Waals surface area contributed by atoms with E-state index in [1.807, 2.05) is 39.0 Å². The number of rotatable bonds is 3. The van der Waals surface area contributed by atoms with E-state index in [1.165, 1.54) is 11.1 Å². The molecule has 108 valence electrons. The third-order valence-corrected chi connectivity index (χ3v) is 3.02. The Hall–Kier alpha value is -2.30. The molecule has 0 spiro atoms. The van der Waals surface area contributed by atoms with Crippen molar-refractivity contribution in [3.63, 3.8) is 0 Å². The number of aryl methyl sites for hydroxylation is 2. The van der Waals surface area contributed by atoms with Crippen molar-refractivity contribution in [1.29, 1.82) is 5.41 Å². The summed E-state index contributed by atoms with van der Waals surface area (Å²) >= 11 is 0. The number of carbonyl (C=O) groups is 1. The fraction of sp³-hybridized carbons (Fsp3) is 0.333. The van der Waals surface area contributed by atoms with E-state index < -0.39 is 0 Å². The van der Waals surface area contributed by atoms with Crippen LogP contribution in [0.3, 0.4) is 0 Å². The largest absolute Gasteiger partial charge is 0.369 e. The third kappa shape index (κ3) is 3.38. The van der Waals surface area contributed by atoms with Crippen LogP contribution in [0.5, 0.6) is 0 Å². The van der Waals surface area contributed by atoms with Crippen LogP contribution in [0.4, 0.5) is 10.5 Å². The van der Waals surface area contributed by atoms with Crippen LogP contribution in [0.15, 0.2) is 30.5 Å². The molecule has 0 radical (unpaired) electrons. The summed E-state index contributed by atoms with van der Waals surface area (Å²) in [6, 6.07) is 5.50. The van der Waals surface area contributed by atoms with Gasteiger partial charge in [-0.25, -0.2) is 9.69 Å². The molecule has 5 heteroatoms. The second-order valence-electron chi connectivity index (χ2n) is 4.63. The van der Waals surface area contributed by atoms with Gasteiger partial charge in [-0.2, -0.15) is 0 Å². The standard InChI is InChI=1S/C15H22N4O/c1-5-6-10-19(14(16)17)15(20)18(4)13-11(2)8-7-9-12(13)3/h6-10H,5H2,1-4H3,(H3,16,17). The Labute approximate surface area is 120 Å². The van der Waals surface area contributed by atoms with E-state index in [4.69, 9.17) is 11.1 Å². The van der Waals surface area contributed by atoms with Crippen molar-refractivity contribution in [3.8, 4) is 0 Å². The molecule has 0 fully saturated rings. The maximum absolute atomic E-state index is 12.5. The van der Waals surface area contributed by atoms with Crippen LogP contribution in [0.2, 0.25) is 0 Å². The number of amides is 2. The van der Waals surface area contributed by atoms with Gasteiger partial charge < -0.3 is 5.73 Å². The Morgan fingerprint density at radius 3 is 2.35 bits per heavy atom. The highest BCUT2D eigenvalue weighted by Gasteiger charge is 2.21. The molecular weight excluding hydrogens is 252 g/mol. The van der Waals surface area contributed by atoms with E-state index >= 15 is 0 Å². The molecular formula is C15H22N4O. The molecule has 0 aliphatic heterocycles. The van der Waals surface area contributed by atoms with Gasteiger partial charge in [-0.15, -0.1) is 0 Å². The molecule has 20 heavy (non-hydrogen) atoms. The lowest BCUT2D eigenvalue weighted by molar-refractivity contribution is 0.236. The van der Waals surface area contributed by atoms with Gasteiger partial charge in [-0.3, -0.25) is 10.3 Å². The molecule has 0 heterocycles. The fourth-order valence-corrected chi connectivity index (χ4v) is 2.05. The summed E-state index contributed by atoms with van der Waals surface area (Å²) in [5.74, 6) is -0.294. The minimum Gasteiger partial charge on any atom is -0.369 e. The van der Waals surface area contributed by atoms with Gasteiger partial charge in [-0.05, 0) is 31.4 Å². The number of guanidine groups is 1. The molecule has 0 aliphatic carbocycles. The summed E-state index contributed by atoms with van der Waals surface area (Å²) in [6.45, 7) is 5.85. The van der Waals surface area contributed by atoms with E-state index in [2.05, 4.69) is 0 Å². The van der Waals surface area contributed by atoms with Gasteiger partial charge in [-0.1, -0.05) is 31.2 Å². The fourth-order valence-electron chi connectivity index (χ4n) is 2.05. The first-order valence-electron chi connectivity index (χ1n) is 6.54. The number of carbonyl (C=O) groups excluding carboxylic acids is 1. The molecule has 0 unspecified atom stereocenters. The smallest absolute Gasteiger partial charge is 0.335 e. The highest BCUT2D eigenvalue weighted by Crippen LogP contribution is 2.24. The molecule has 1 rings (SSSR count). The van der Waals surface area contributed by atoms with E-state index in [-0.39, 0.29) is 12.0 Å². The van der Waals surface area contributed by atoms with Crippen LogP contribution in [-0.4, -0.2) is 23.9 Å². The first-order valence-corrected chi connectivity index (χ1v) is 6.54. The highest BCUT2D eigenvalue weighted by molar-refractivity contribution is 6.03. The van der Waals surface area contributed by atoms with Crippen LogP contribution in [0.25, 0.3) is 0 Å². The van der Waals surface area contributed by atoms with E-state index in [1.54, 1.807) is 13.1 Å². The van der Waals surface area contributed by atoms with Crippen LogP contribution in [0.1, 0.15) is 24.5 Å². The average molecular weight is 274 g/mol. The lowest BCUT2D eigenvalue weighted by Gasteiger charge is -2.26. The Kier molecular flexibility index (Phi) is 5.32. The minimum atomic E-state index is -0.348. The normalized spacial score (nSPS) is 10.6. The van der Waals surface area contributed by atoms with Gasteiger partial charge in [0.05, 0.1) is 5.69 Å². The van der Waals surface area contributed by atoms with Crippen molar-refractivity contribution in [3.05, 3.63) is 41.6 Å². The zero-order valence-electron chi connectivity index (χ0n) is 12.5. The van der Waals surface area contributed by atoms with Crippen LogP contribution >= 0.6 is 0 Å². The lowest BCUT2D eigenvalue weighted by Crippen LogP contribution is -2.45. The zero-order chi connectivity index (χ0) is 15.3. The topological polar surface area (TPSA) is 73.4 Å². The molecule has 0 aliphatic rings. The number of nitrogens with two attached hydrogens (primary N) is 1. The summed E-state index contributed by atoms with van der Waals surface area (Å²) in [6.07, 6.45) is 4.09. The third-order valence-electron chi connectivity index (χ3n) is 3.02. The van der Waals surface area contributed by atoms with Crippen molar-refractivity contribution in [2.75, 3.05) is 11.9 Å². The molecule has 1 aromatic rings. The van der Waals surface area contributed by atoms with Crippen molar-refractivity contribution in [2.45, 2.75) is 27.2 Å². The second-order valence-corrected chi connectivity index (χ2v) is 4.63. The quantitative estimate of drug-likeness (QED) is 0.657. The van der Waals surface area contributed by atoms with Crippen LogP contribution < -0.4 is 10.6 Å². The van der Waals surface area contributed by atoms with Gasteiger partial charge in [0.2, 0.25) is 5.96 Å². The first kappa shape index (κ1) is 15.8. The van der Waals surface area contributed by atoms with Crippen molar-refractivity contribution < 1.29 is 4.79 Å². The molecule has 0 aromatic heterocycles. The number of allylic oxidation sites excluding steroid dienone is 1. The number of anilines is 1. The van der Waals surface area contributed by atoms with Crippen molar-refractivity contribution in [1.82, 2.24) is 4.90 Å². The summed E-state index contributed by atoms with van der Waals surface area (Å²) in [5, 5.41) is 7.53. The summed E-state index contributed by atoms with van der Waals surface area (Å²) < 4.78 is 0. The maximum Gasteiger partial charge on any atom is 0.335 e. The predicted octanol–water partition coefficient (Wildman–Crippen LogP) is 2.98. The number of nitrogens with zero attached hydrogens (tertiary/aromatic N) is 2. The van der Waals surface area contributed by atoms with Crippen molar-refractivity contribution in [2.24, 2.45) is 5.73 Å². The maximum atomic E-state index is 12.5. The summed E-state index contributed by atoms with van der Waals surface area (Å²) in [5.41, 5.74) is 8.33. The molecule has 0 saturated carbocycles. The van der Waals surface area contributed by atoms with E-state index in [9.17, 15) is 4.79 Å². The number of nitrogens with one attached hydrogen (secondary N) is 1. The van der Waals surface area contributed by atoms with Gasteiger partial charge in [0.25, 0.3) is 0 Å². The molecule has 1 aromatic carbocycles. The number of hydrogen-bond acceptors (Lipinski definition) is 2. The molecule has 2 amide bonds. The SMILES string of the molecule is CCC=CN(C(=N)N)C(=O)N(C)c1c(C)cccc1C. The Morgan fingerprint density at radius 1 is 1.35 bits per heavy atom. The number of urea groups is 1. The molecule has 0 atom stereocenters. The second kappa shape index (κ2) is 6.75. The molecule has 5 nitrogen and oxygen atoms in total. The Balaban J connectivity index is 3.12. The average Bonchev–Trinajstić information content (AvgIpc) is 2.38. The Morgan fingerprint density at radius 2 is 1.90 bits per heavy atom. The number of benzene rings is 1. The summed E-state index contributed by atoms with van der Waals surface area (Å²) in [4.78, 5) is 15.1.